The van der Waals surface area contributed by atoms with Crippen molar-refractivity contribution in [2.45, 2.75) is 0 Å². The molecule has 6 nitrogen and oxygen atoms in total. The number of carbonyl (C=O) groups is 1. The Balaban J connectivity index is 1.86. The van der Waals surface area contributed by atoms with E-state index in [1.165, 1.54) is 25.5 Å². The first-order chi connectivity index (χ1) is 13.6. The van der Waals surface area contributed by atoms with Crippen molar-refractivity contribution in [2.24, 2.45) is 5.10 Å². The summed E-state index contributed by atoms with van der Waals surface area (Å²) in [6.45, 7) is 0.116. The Bertz CT molecular complexity index is 1080. The molecule has 0 aliphatic rings. The third kappa shape index (κ3) is 4.05. The van der Waals surface area contributed by atoms with Crippen LogP contribution < -0.4 is 14.9 Å². The van der Waals surface area contributed by atoms with Gasteiger partial charge in [0.15, 0.2) is 0 Å². The normalized spacial score (nSPS) is 10.6. The molecule has 0 radical (unpaired) electrons. The summed E-state index contributed by atoms with van der Waals surface area (Å²) in [4.78, 5) is 12.3. The Hall–Kier alpha value is -3.98. The minimum absolute atomic E-state index is 0.0830. The third-order valence-electron chi connectivity index (χ3n) is 4.05. The second-order valence-electron chi connectivity index (χ2n) is 5.77. The fourth-order valence-corrected chi connectivity index (χ4v) is 2.70. The van der Waals surface area contributed by atoms with E-state index in [1.54, 1.807) is 12.1 Å². The number of carbonyl (C=O) groups excluding carboxylic acids is 1. The van der Waals surface area contributed by atoms with Crippen LogP contribution in [-0.4, -0.2) is 30.9 Å². The van der Waals surface area contributed by atoms with Gasteiger partial charge in [0.25, 0.3) is 5.91 Å². The maximum Gasteiger partial charge on any atom is 0.275 e. The molecule has 1 amide bonds. The predicted octanol–water partition coefficient (Wildman–Crippen LogP) is 3.33. The highest BCUT2D eigenvalue weighted by Crippen LogP contribution is 2.27. The smallest absolute Gasteiger partial charge is 0.275 e. The highest BCUT2D eigenvalue weighted by molar-refractivity contribution is 6.03. The fourth-order valence-electron chi connectivity index (χ4n) is 2.70. The highest BCUT2D eigenvalue weighted by Gasteiger charge is 2.12. The number of methoxy groups -OCH3 is 1. The molecular weight excluding hydrogens is 356 g/mol. The Labute approximate surface area is 162 Å². The van der Waals surface area contributed by atoms with Crippen LogP contribution in [0.2, 0.25) is 0 Å². The van der Waals surface area contributed by atoms with E-state index in [0.717, 1.165) is 10.8 Å². The molecule has 0 fully saturated rings. The molecule has 0 aliphatic carbocycles. The molecule has 6 heteroatoms. The average molecular weight is 374 g/mol. The number of nitrogens with zero attached hydrogens (tertiary/aromatic N) is 1. The van der Waals surface area contributed by atoms with E-state index < -0.39 is 5.91 Å². The van der Waals surface area contributed by atoms with Gasteiger partial charge in [0, 0.05) is 11.6 Å². The molecule has 0 aromatic heterocycles. The van der Waals surface area contributed by atoms with E-state index in [1.807, 2.05) is 30.3 Å². The fraction of sp³-hybridized carbons (Fsp3) is 0.0909. The van der Waals surface area contributed by atoms with Crippen LogP contribution in [0.5, 0.6) is 17.2 Å². The van der Waals surface area contributed by atoms with Crippen molar-refractivity contribution in [1.29, 1.82) is 0 Å². The zero-order valence-corrected chi connectivity index (χ0v) is 15.2. The van der Waals surface area contributed by atoms with Crippen molar-refractivity contribution in [2.75, 3.05) is 13.7 Å². The van der Waals surface area contributed by atoms with Crippen molar-refractivity contribution in [3.8, 4) is 29.6 Å². The number of phenolic OH excluding ortho intramolecular Hbond substituents is 1. The molecule has 0 heterocycles. The zero-order chi connectivity index (χ0) is 19.9. The van der Waals surface area contributed by atoms with E-state index in [0.29, 0.717) is 17.1 Å². The topological polar surface area (TPSA) is 80.2 Å². The minimum Gasteiger partial charge on any atom is -0.507 e. The van der Waals surface area contributed by atoms with Crippen LogP contribution >= 0.6 is 0 Å². The molecule has 28 heavy (non-hydrogen) atoms. The number of hydrogen-bond donors (Lipinski definition) is 2. The number of rotatable bonds is 6. The van der Waals surface area contributed by atoms with Crippen LogP contribution in [0.25, 0.3) is 10.8 Å². The van der Waals surface area contributed by atoms with E-state index in [9.17, 15) is 9.90 Å². The lowest BCUT2D eigenvalue weighted by Crippen LogP contribution is -2.17. The Morgan fingerprint density at radius 1 is 1.25 bits per heavy atom. The van der Waals surface area contributed by atoms with Crippen LogP contribution in [0.3, 0.4) is 0 Å². The number of nitrogens with one attached hydrogen (secondary N) is 1. The summed E-state index contributed by atoms with van der Waals surface area (Å²) < 4.78 is 10.6. The van der Waals surface area contributed by atoms with Gasteiger partial charge in [0.2, 0.25) is 0 Å². The average Bonchev–Trinajstić information content (AvgIpc) is 2.72. The molecule has 0 aliphatic heterocycles. The predicted molar refractivity (Wildman–Crippen MR) is 108 cm³/mol. The van der Waals surface area contributed by atoms with Crippen molar-refractivity contribution in [1.82, 2.24) is 5.43 Å². The number of ether oxygens (including phenoxy) is 2. The lowest BCUT2D eigenvalue weighted by Gasteiger charge is -2.10. The van der Waals surface area contributed by atoms with Gasteiger partial charge in [-0.1, -0.05) is 36.3 Å². The van der Waals surface area contributed by atoms with Crippen LogP contribution in [0.15, 0.2) is 59.7 Å². The van der Waals surface area contributed by atoms with Crippen molar-refractivity contribution >= 4 is 22.9 Å². The minimum atomic E-state index is -0.553. The van der Waals surface area contributed by atoms with Crippen molar-refractivity contribution in [3.63, 3.8) is 0 Å². The number of amides is 1. The Morgan fingerprint density at radius 2 is 2.07 bits per heavy atom. The number of fused-ring (bicyclic) bond motifs is 1. The van der Waals surface area contributed by atoms with Gasteiger partial charge in [0.05, 0.1) is 18.9 Å². The van der Waals surface area contributed by atoms with E-state index >= 15 is 0 Å². The number of aromatic hydroxyl groups is 1. The lowest BCUT2D eigenvalue weighted by molar-refractivity contribution is 0.0952. The first-order valence-electron chi connectivity index (χ1n) is 8.42. The van der Waals surface area contributed by atoms with Crippen molar-refractivity contribution in [3.05, 3.63) is 65.7 Å². The van der Waals surface area contributed by atoms with E-state index in [2.05, 4.69) is 16.4 Å². The quantitative estimate of drug-likeness (QED) is 0.394. The summed E-state index contributed by atoms with van der Waals surface area (Å²) in [5, 5.41) is 15.9. The first kappa shape index (κ1) is 18.8. The number of hydrogen-bond acceptors (Lipinski definition) is 5. The van der Waals surface area contributed by atoms with Gasteiger partial charge in [-0.15, -0.1) is 6.42 Å². The molecular formula is C22H18N2O4. The molecule has 140 valence electrons. The van der Waals surface area contributed by atoms with Gasteiger partial charge < -0.3 is 14.6 Å². The SMILES string of the molecule is C#CCOc1ccc2ccccc2c1/C=N\NC(=O)c1ccc(OC)cc1O. The maximum atomic E-state index is 12.3. The molecule has 3 aromatic carbocycles. The zero-order valence-electron chi connectivity index (χ0n) is 15.2. The van der Waals surface area contributed by atoms with E-state index in [-0.39, 0.29) is 17.9 Å². The lowest BCUT2D eigenvalue weighted by atomic mass is 10.0. The summed E-state index contributed by atoms with van der Waals surface area (Å²) in [7, 11) is 1.48. The molecule has 0 bridgehead atoms. The molecule has 2 N–H and O–H groups in total. The molecule has 3 rings (SSSR count). The van der Waals surface area contributed by atoms with Crippen LogP contribution in [-0.2, 0) is 0 Å². The Morgan fingerprint density at radius 3 is 2.82 bits per heavy atom. The summed E-state index contributed by atoms with van der Waals surface area (Å²) >= 11 is 0. The molecule has 3 aromatic rings. The largest absolute Gasteiger partial charge is 0.507 e. The van der Waals surface area contributed by atoms with Gasteiger partial charge in [-0.05, 0) is 29.0 Å². The molecule has 0 unspecified atom stereocenters. The van der Waals surface area contributed by atoms with Crippen molar-refractivity contribution < 1.29 is 19.4 Å². The summed E-state index contributed by atoms with van der Waals surface area (Å²) in [6, 6.07) is 15.8. The number of benzene rings is 3. The second kappa shape index (κ2) is 8.60. The van der Waals surface area contributed by atoms with Gasteiger partial charge in [0.1, 0.15) is 23.9 Å². The van der Waals surface area contributed by atoms with Gasteiger partial charge in [-0.2, -0.15) is 5.10 Å². The molecule has 0 atom stereocenters. The molecule has 0 saturated carbocycles. The highest BCUT2D eigenvalue weighted by atomic mass is 16.5. The summed E-state index contributed by atoms with van der Waals surface area (Å²) in [5.41, 5.74) is 3.18. The standard InChI is InChI=1S/C22H18N2O4/c1-3-12-28-21-11-8-15-6-4-5-7-17(15)19(21)14-23-24-22(26)18-10-9-16(27-2)13-20(18)25/h1,4-11,13-14,25H,12H2,2H3,(H,24,26)/b23-14-. The maximum absolute atomic E-state index is 12.3. The van der Waals surface area contributed by atoms with Gasteiger partial charge >= 0.3 is 0 Å². The number of hydrazone groups is 1. The number of phenols is 1. The monoisotopic (exact) mass is 374 g/mol. The second-order valence-corrected chi connectivity index (χ2v) is 5.77. The molecule has 0 saturated heterocycles. The van der Waals surface area contributed by atoms with Crippen LogP contribution in [0.4, 0.5) is 0 Å². The first-order valence-corrected chi connectivity index (χ1v) is 8.42. The van der Waals surface area contributed by atoms with E-state index in [4.69, 9.17) is 15.9 Å². The summed E-state index contributed by atoms with van der Waals surface area (Å²) in [6.07, 6.45) is 6.77. The van der Waals surface area contributed by atoms with Gasteiger partial charge in [-0.3, -0.25) is 4.79 Å². The number of terminal acetylenes is 1. The third-order valence-corrected chi connectivity index (χ3v) is 4.05. The Kier molecular flexibility index (Phi) is 5.78. The van der Waals surface area contributed by atoms with Crippen LogP contribution in [0.1, 0.15) is 15.9 Å². The summed E-state index contributed by atoms with van der Waals surface area (Å²) in [5.74, 6) is 2.68. The van der Waals surface area contributed by atoms with Crippen LogP contribution in [0, 0.1) is 12.3 Å². The molecule has 0 spiro atoms. The van der Waals surface area contributed by atoms with Gasteiger partial charge in [-0.25, -0.2) is 5.43 Å².